The van der Waals surface area contributed by atoms with E-state index < -0.39 is 0 Å². The zero-order valence-corrected chi connectivity index (χ0v) is 14.0. The van der Waals surface area contributed by atoms with Gasteiger partial charge in [-0.1, -0.05) is 17.7 Å². The normalized spacial score (nSPS) is 10.3. The van der Waals surface area contributed by atoms with Crippen LogP contribution in [0.25, 0.3) is 0 Å². The molecule has 0 spiro atoms. The van der Waals surface area contributed by atoms with Gasteiger partial charge in [-0.25, -0.2) is 4.98 Å². The van der Waals surface area contributed by atoms with Gasteiger partial charge in [0.1, 0.15) is 11.0 Å². The Labute approximate surface area is 137 Å². The summed E-state index contributed by atoms with van der Waals surface area (Å²) in [6, 6.07) is 8.95. The maximum Gasteiger partial charge on any atom is 0.255 e. The molecule has 1 heterocycles. The van der Waals surface area contributed by atoms with Crippen LogP contribution < -0.4 is 10.6 Å². The van der Waals surface area contributed by atoms with Crippen LogP contribution in [0.1, 0.15) is 22.8 Å². The molecule has 2 rings (SSSR count). The average molecular weight is 369 g/mol. The average Bonchev–Trinajstić information content (AvgIpc) is 2.41. The van der Waals surface area contributed by atoms with Gasteiger partial charge < -0.3 is 10.6 Å². The molecule has 1 amide bonds. The van der Waals surface area contributed by atoms with Gasteiger partial charge in [0.05, 0.1) is 5.69 Å². The second-order valence-electron chi connectivity index (χ2n) is 4.53. The van der Waals surface area contributed by atoms with E-state index in [-0.39, 0.29) is 11.1 Å². The maximum atomic E-state index is 12.3. The largest absolute Gasteiger partial charge is 0.370 e. The third kappa shape index (κ3) is 4.19. The van der Waals surface area contributed by atoms with E-state index >= 15 is 0 Å². The lowest BCUT2D eigenvalue weighted by molar-refractivity contribution is 0.102. The molecule has 0 aliphatic carbocycles. The van der Waals surface area contributed by atoms with E-state index in [0.29, 0.717) is 23.6 Å². The number of aromatic nitrogens is 1. The van der Waals surface area contributed by atoms with Crippen molar-refractivity contribution in [1.82, 2.24) is 4.98 Å². The summed E-state index contributed by atoms with van der Waals surface area (Å²) in [7, 11) is 0. The van der Waals surface area contributed by atoms with Crippen LogP contribution in [-0.2, 0) is 0 Å². The second-order valence-corrected chi connectivity index (χ2v) is 5.77. The monoisotopic (exact) mass is 367 g/mol. The Kier molecular flexibility index (Phi) is 5.20. The quantitative estimate of drug-likeness (QED) is 0.782. The number of aryl methyl sites for hydroxylation is 1. The van der Waals surface area contributed by atoms with Crippen LogP contribution in [-0.4, -0.2) is 17.4 Å². The number of amides is 1. The minimum atomic E-state index is -0.233. The first-order valence-electron chi connectivity index (χ1n) is 6.48. The van der Waals surface area contributed by atoms with Crippen LogP contribution >= 0.6 is 27.5 Å². The molecule has 1 aromatic carbocycles. The SMILES string of the molecule is CCNc1cc(C(=O)Nc2ccc(C)cc2Br)cc(Cl)n1. The summed E-state index contributed by atoms with van der Waals surface area (Å²) >= 11 is 9.38. The van der Waals surface area contributed by atoms with Gasteiger partial charge >= 0.3 is 0 Å². The molecule has 0 unspecified atom stereocenters. The Morgan fingerprint density at radius 3 is 2.76 bits per heavy atom. The van der Waals surface area contributed by atoms with E-state index in [2.05, 4.69) is 31.5 Å². The molecular weight excluding hydrogens is 354 g/mol. The molecule has 21 heavy (non-hydrogen) atoms. The molecule has 0 aliphatic rings. The van der Waals surface area contributed by atoms with E-state index in [9.17, 15) is 4.79 Å². The first-order chi connectivity index (χ1) is 9.99. The van der Waals surface area contributed by atoms with Crippen molar-refractivity contribution in [2.45, 2.75) is 13.8 Å². The highest BCUT2D eigenvalue weighted by molar-refractivity contribution is 9.10. The lowest BCUT2D eigenvalue weighted by atomic mass is 10.2. The van der Waals surface area contributed by atoms with E-state index in [1.54, 1.807) is 12.1 Å². The fourth-order valence-corrected chi connectivity index (χ4v) is 2.62. The summed E-state index contributed by atoms with van der Waals surface area (Å²) in [5, 5.41) is 6.17. The number of nitrogens with one attached hydrogen (secondary N) is 2. The highest BCUT2D eigenvalue weighted by atomic mass is 79.9. The zero-order valence-electron chi connectivity index (χ0n) is 11.7. The number of nitrogens with zero attached hydrogens (tertiary/aromatic N) is 1. The first-order valence-corrected chi connectivity index (χ1v) is 7.65. The Morgan fingerprint density at radius 2 is 2.10 bits per heavy atom. The minimum Gasteiger partial charge on any atom is -0.370 e. The highest BCUT2D eigenvalue weighted by Gasteiger charge is 2.11. The number of pyridine rings is 1. The molecule has 0 bridgehead atoms. The molecule has 2 aromatic rings. The van der Waals surface area contributed by atoms with Crippen molar-refractivity contribution in [3.05, 3.63) is 51.1 Å². The molecule has 2 N–H and O–H groups in total. The molecule has 0 saturated carbocycles. The Balaban J connectivity index is 2.23. The topological polar surface area (TPSA) is 54.0 Å². The van der Waals surface area contributed by atoms with Crippen molar-refractivity contribution >= 4 is 44.9 Å². The van der Waals surface area contributed by atoms with Gasteiger partial charge in [-0.2, -0.15) is 0 Å². The number of carbonyl (C=O) groups is 1. The van der Waals surface area contributed by atoms with Gasteiger partial charge in [0.15, 0.2) is 0 Å². The lowest BCUT2D eigenvalue weighted by Crippen LogP contribution is -2.13. The van der Waals surface area contributed by atoms with E-state index in [0.717, 1.165) is 10.0 Å². The predicted octanol–water partition coefficient (Wildman–Crippen LogP) is 4.49. The summed E-state index contributed by atoms with van der Waals surface area (Å²) in [5.74, 6) is 0.348. The molecule has 6 heteroatoms. The maximum absolute atomic E-state index is 12.3. The van der Waals surface area contributed by atoms with Crippen LogP contribution in [0.5, 0.6) is 0 Å². The summed E-state index contributed by atoms with van der Waals surface area (Å²) in [6.07, 6.45) is 0. The van der Waals surface area contributed by atoms with Crippen molar-refractivity contribution in [1.29, 1.82) is 0 Å². The van der Waals surface area contributed by atoms with Crippen LogP contribution in [0.2, 0.25) is 5.15 Å². The van der Waals surface area contributed by atoms with Gasteiger partial charge in [-0.15, -0.1) is 0 Å². The third-order valence-corrected chi connectivity index (χ3v) is 3.64. The number of rotatable bonds is 4. The van der Waals surface area contributed by atoms with Crippen LogP contribution in [0.15, 0.2) is 34.8 Å². The van der Waals surface area contributed by atoms with Crippen LogP contribution in [0.3, 0.4) is 0 Å². The second kappa shape index (κ2) is 6.91. The van der Waals surface area contributed by atoms with Gasteiger partial charge in [0.2, 0.25) is 0 Å². The molecule has 1 aromatic heterocycles. The van der Waals surface area contributed by atoms with Crippen molar-refractivity contribution in [2.24, 2.45) is 0 Å². The van der Waals surface area contributed by atoms with E-state index in [4.69, 9.17) is 11.6 Å². The number of hydrogen-bond donors (Lipinski definition) is 2. The summed E-state index contributed by atoms with van der Waals surface area (Å²) in [5.41, 5.74) is 2.28. The highest BCUT2D eigenvalue weighted by Crippen LogP contribution is 2.24. The van der Waals surface area contributed by atoms with E-state index in [1.165, 1.54) is 0 Å². The Morgan fingerprint density at radius 1 is 1.33 bits per heavy atom. The molecular formula is C15H15BrClN3O. The number of hydrogen-bond acceptors (Lipinski definition) is 3. The first kappa shape index (κ1) is 15.8. The molecule has 4 nitrogen and oxygen atoms in total. The predicted molar refractivity (Wildman–Crippen MR) is 90.2 cm³/mol. The smallest absolute Gasteiger partial charge is 0.255 e. The van der Waals surface area contributed by atoms with Crippen LogP contribution in [0, 0.1) is 6.92 Å². The Bertz CT molecular complexity index is 676. The standard InChI is InChI=1S/C15H15BrClN3O/c1-3-18-14-8-10(7-13(17)20-14)15(21)19-12-5-4-9(2)6-11(12)16/h4-8H,3H2,1-2H3,(H,18,20)(H,19,21). The number of anilines is 2. The summed E-state index contributed by atoms with van der Waals surface area (Å²) < 4.78 is 0.836. The molecule has 0 fully saturated rings. The van der Waals surface area contributed by atoms with Gasteiger partial charge in [-0.05, 0) is 59.6 Å². The van der Waals surface area contributed by atoms with Gasteiger partial charge in [0.25, 0.3) is 5.91 Å². The van der Waals surface area contributed by atoms with Gasteiger partial charge in [0, 0.05) is 16.6 Å². The molecule has 0 radical (unpaired) electrons. The summed E-state index contributed by atoms with van der Waals surface area (Å²) in [4.78, 5) is 16.4. The van der Waals surface area contributed by atoms with Crippen molar-refractivity contribution in [2.75, 3.05) is 17.2 Å². The Hall–Kier alpha value is -1.59. The molecule has 110 valence electrons. The lowest BCUT2D eigenvalue weighted by Gasteiger charge is -2.10. The molecule has 0 atom stereocenters. The van der Waals surface area contributed by atoms with Crippen molar-refractivity contribution < 1.29 is 4.79 Å². The fraction of sp³-hybridized carbons (Fsp3) is 0.200. The zero-order chi connectivity index (χ0) is 15.4. The molecule has 0 aliphatic heterocycles. The fourth-order valence-electron chi connectivity index (χ4n) is 1.82. The van der Waals surface area contributed by atoms with Gasteiger partial charge in [-0.3, -0.25) is 4.79 Å². The summed E-state index contributed by atoms with van der Waals surface area (Å²) in [6.45, 7) is 4.64. The number of carbonyl (C=O) groups excluding carboxylic acids is 1. The minimum absolute atomic E-state index is 0.233. The van der Waals surface area contributed by atoms with E-state index in [1.807, 2.05) is 32.0 Å². The number of halogens is 2. The molecule has 0 saturated heterocycles. The van der Waals surface area contributed by atoms with Crippen molar-refractivity contribution in [3.63, 3.8) is 0 Å². The number of benzene rings is 1. The van der Waals surface area contributed by atoms with Crippen LogP contribution in [0.4, 0.5) is 11.5 Å². The van der Waals surface area contributed by atoms with Crippen molar-refractivity contribution in [3.8, 4) is 0 Å². The third-order valence-electron chi connectivity index (χ3n) is 2.79.